The van der Waals surface area contributed by atoms with Crippen LogP contribution in [0.3, 0.4) is 0 Å². The SMILES string of the molecule is CCn1cc(C(F)(F)F)nc1-c1ccc(C(C)Br)cc1Cl. The van der Waals surface area contributed by atoms with Gasteiger partial charge >= 0.3 is 6.18 Å². The lowest BCUT2D eigenvalue weighted by Crippen LogP contribution is -2.05. The molecular weight excluding hydrogens is 369 g/mol. The molecule has 7 heteroatoms. The Labute approximate surface area is 134 Å². The van der Waals surface area contributed by atoms with Crippen molar-refractivity contribution in [3.63, 3.8) is 0 Å². The molecule has 2 aromatic rings. The Morgan fingerprint density at radius 3 is 2.52 bits per heavy atom. The van der Waals surface area contributed by atoms with Gasteiger partial charge in [0.1, 0.15) is 5.82 Å². The van der Waals surface area contributed by atoms with Gasteiger partial charge in [0.25, 0.3) is 0 Å². The number of benzene rings is 1. The van der Waals surface area contributed by atoms with Gasteiger partial charge in [-0.05, 0) is 31.5 Å². The van der Waals surface area contributed by atoms with E-state index in [-0.39, 0.29) is 10.7 Å². The van der Waals surface area contributed by atoms with Crippen LogP contribution < -0.4 is 0 Å². The maximum atomic E-state index is 12.8. The van der Waals surface area contributed by atoms with Crippen LogP contribution in [0.25, 0.3) is 11.4 Å². The zero-order valence-corrected chi connectivity index (χ0v) is 13.7. The highest BCUT2D eigenvalue weighted by Gasteiger charge is 2.35. The van der Waals surface area contributed by atoms with E-state index in [1.54, 1.807) is 19.1 Å². The van der Waals surface area contributed by atoms with Crippen molar-refractivity contribution in [2.24, 2.45) is 0 Å². The summed E-state index contributed by atoms with van der Waals surface area (Å²) >= 11 is 9.63. The fourth-order valence-electron chi connectivity index (χ4n) is 1.97. The molecule has 0 aliphatic heterocycles. The van der Waals surface area contributed by atoms with Gasteiger partial charge in [-0.2, -0.15) is 13.2 Å². The predicted octanol–water partition coefficient (Wildman–Crippen LogP) is 5.70. The highest BCUT2D eigenvalue weighted by atomic mass is 79.9. The summed E-state index contributed by atoms with van der Waals surface area (Å²) in [5.41, 5.74) is 0.536. The van der Waals surface area contributed by atoms with Crippen LogP contribution in [0.4, 0.5) is 13.2 Å². The molecule has 1 aromatic carbocycles. The van der Waals surface area contributed by atoms with Crippen molar-refractivity contribution in [2.75, 3.05) is 0 Å². The third-order valence-electron chi connectivity index (χ3n) is 3.10. The van der Waals surface area contributed by atoms with Crippen molar-refractivity contribution in [1.82, 2.24) is 9.55 Å². The van der Waals surface area contributed by atoms with E-state index >= 15 is 0 Å². The third-order valence-corrected chi connectivity index (χ3v) is 3.94. The fraction of sp³-hybridized carbons (Fsp3) is 0.357. The summed E-state index contributed by atoms with van der Waals surface area (Å²) in [6, 6.07) is 5.25. The monoisotopic (exact) mass is 380 g/mol. The molecule has 0 radical (unpaired) electrons. The Hall–Kier alpha value is -1.01. The molecule has 0 aliphatic rings. The Balaban J connectivity index is 2.54. The first kappa shape index (κ1) is 16.4. The van der Waals surface area contributed by atoms with Gasteiger partial charge in [0.15, 0.2) is 5.69 Å². The van der Waals surface area contributed by atoms with Crippen molar-refractivity contribution < 1.29 is 13.2 Å². The van der Waals surface area contributed by atoms with Crippen LogP contribution in [0.2, 0.25) is 5.02 Å². The maximum Gasteiger partial charge on any atom is 0.434 e. The first-order valence-corrected chi connectivity index (χ1v) is 7.61. The zero-order valence-electron chi connectivity index (χ0n) is 11.4. The van der Waals surface area contributed by atoms with Crippen molar-refractivity contribution in [1.29, 1.82) is 0 Å². The normalized spacial score (nSPS) is 13.5. The number of imidazole rings is 1. The molecule has 2 nitrogen and oxygen atoms in total. The molecule has 0 N–H and O–H groups in total. The number of hydrogen-bond donors (Lipinski definition) is 0. The molecule has 0 amide bonds. The molecule has 0 fully saturated rings. The fourth-order valence-corrected chi connectivity index (χ4v) is 2.53. The van der Waals surface area contributed by atoms with Crippen LogP contribution in [0.5, 0.6) is 0 Å². The molecule has 0 saturated carbocycles. The Morgan fingerprint density at radius 1 is 1.38 bits per heavy atom. The van der Waals surface area contributed by atoms with Crippen molar-refractivity contribution in [3.8, 4) is 11.4 Å². The molecule has 1 unspecified atom stereocenters. The van der Waals surface area contributed by atoms with Crippen LogP contribution in [-0.2, 0) is 12.7 Å². The summed E-state index contributed by atoms with van der Waals surface area (Å²) in [5, 5.41) is 0.382. The van der Waals surface area contributed by atoms with Crippen LogP contribution in [0, 0.1) is 0 Å². The first-order valence-electron chi connectivity index (χ1n) is 6.32. The first-order chi connectivity index (χ1) is 9.74. The second-order valence-corrected chi connectivity index (χ2v) is 6.37. The molecular formula is C14H13BrClF3N2. The molecule has 0 bridgehead atoms. The van der Waals surface area contributed by atoms with E-state index in [0.717, 1.165) is 11.8 Å². The molecule has 1 aromatic heterocycles. The van der Waals surface area contributed by atoms with Gasteiger partial charge in [-0.3, -0.25) is 0 Å². The molecule has 0 aliphatic carbocycles. The molecule has 0 spiro atoms. The lowest BCUT2D eigenvalue weighted by molar-refractivity contribution is -0.140. The van der Waals surface area contributed by atoms with Crippen molar-refractivity contribution in [3.05, 3.63) is 40.7 Å². The maximum absolute atomic E-state index is 12.8. The minimum atomic E-state index is -4.47. The number of hydrogen-bond acceptors (Lipinski definition) is 1. The van der Waals surface area contributed by atoms with E-state index in [1.165, 1.54) is 4.57 Å². The molecule has 1 heterocycles. The van der Waals surface area contributed by atoms with Crippen molar-refractivity contribution in [2.45, 2.75) is 31.4 Å². The number of aryl methyl sites for hydroxylation is 1. The Morgan fingerprint density at radius 2 is 2.05 bits per heavy atom. The zero-order chi connectivity index (χ0) is 15.8. The molecule has 0 saturated heterocycles. The summed E-state index contributed by atoms with van der Waals surface area (Å²) in [5.74, 6) is 0.226. The molecule has 114 valence electrons. The van der Waals surface area contributed by atoms with Crippen LogP contribution >= 0.6 is 27.5 Å². The number of halogens is 5. The second-order valence-electron chi connectivity index (χ2n) is 4.59. The molecule has 2 rings (SSSR count). The Bertz CT molecular complexity index is 650. The van der Waals surface area contributed by atoms with Gasteiger partial charge in [-0.25, -0.2) is 4.98 Å². The van der Waals surface area contributed by atoms with Crippen LogP contribution in [-0.4, -0.2) is 9.55 Å². The van der Waals surface area contributed by atoms with Gasteiger partial charge < -0.3 is 4.57 Å². The standard InChI is InChI=1S/C14H13BrClF3N2/c1-3-21-7-12(14(17,18)19)20-13(21)10-5-4-9(8(2)15)6-11(10)16/h4-8H,3H2,1-2H3. The summed E-state index contributed by atoms with van der Waals surface area (Å²) in [7, 11) is 0. The topological polar surface area (TPSA) is 17.8 Å². The largest absolute Gasteiger partial charge is 0.434 e. The van der Waals surface area contributed by atoms with Gasteiger partial charge in [-0.15, -0.1) is 0 Å². The minimum absolute atomic E-state index is 0.112. The summed E-state index contributed by atoms with van der Waals surface area (Å²) in [6.45, 7) is 4.08. The van der Waals surface area contributed by atoms with E-state index in [0.29, 0.717) is 17.1 Å². The van der Waals surface area contributed by atoms with Gasteiger partial charge in [-0.1, -0.05) is 33.6 Å². The van der Waals surface area contributed by atoms with E-state index in [9.17, 15) is 13.2 Å². The molecule has 21 heavy (non-hydrogen) atoms. The Kier molecular flexibility index (Phi) is 4.68. The lowest BCUT2D eigenvalue weighted by atomic mass is 10.1. The van der Waals surface area contributed by atoms with Gasteiger partial charge in [0, 0.05) is 23.1 Å². The highest BCUT2D eigenvalue weighted by molar-refractivity contribution is 9.09. The smallest absolute Gasteiger partial charge is 0.331 e. The van der Waals surface area contributed by atoms with Crippen LogP contribution in [0.1, 0.15) is 29.9 Å². The third kappa shape index (κ3) is 3.43. The summed E-state index contributed by atoms with van der Waals surface area (Å²) in [6.07, 6.45) is -3.46. The lowest BCUT2D eigenvalue weighted by Gasteiger charge is -2.09. The molecule has 1 atom stereocenters. The van der Waals surface area contributed by atoms with E-state index in [1.807, 2.05) is 13.0 Å². The van der Waals surface area contributed by atoms with E-state index < -0.39 is 11.9 Å². The number of nitrogens with zero attached hydrogens (tertiary/aromatic N) is 2. The van der Waals surface area contributed by atoms with E-state index in [4.69, 9.17) is 11.6 Å². The average molecular weight is 382 g/mol. The number of aromatic nitrogens is 2. The van der Waals surface area contributed by atoms with E-state index in [2.05, 4.69) is 20.9 Å². The number of alkyl halides is 4. The van der Waals surface area contributed by atoms with Crippen molar-refractivity contribution >= 4 is 27.5 Å². The second kappa shape index (κ2) is 6.01. The average Bonchev–Trinajstić information content (AvgIpc) is 2.82. The quantitative estimate of drug-likeness (QED) is 0.624. The summed E-state index contributed by atoms with van der Waals surface area (Å²) < 4.78 is 39.8. The van der Waals surface area contributed by atoms with Gasteiger partial charge in [0.2, 0.25) is 0 Å². The number of rotatable bonds is 3. The summed E-state index contributed by atoms with van der Waals surface area (Å²) in [4.78, 5) is 3.81. The van der Waals surface area contributed by atoms with Gasteiger partial charge in [0.05, 0.1) is 5.02 Å². The highest BCUT2D eigenvalue weighted by Crippen LogP contribution is 2.35. The minimum Gasteiger partial charge on any atom is -0.331 e. The van der Waals surface area contributed by atoms with Crippen LogP contribution in [0.15, 0.2) is 24.4 Å². The predicted molar refractivity (Wildman–Crippen MR) is 80.7 cm³/mol.